The molecular weight excluding hydrogens is 358 g/mol. The van der Waals surface area contributed by atoms with Crippen LogP contribution in [0, 0.1) is 0 Å². The van der Waals surface area contributed by atoms with Gasteiger partial charge in [-0.1, -0.05) is 22.9 Å². The first kappa shape index (κ1) is 18.4. The minimum atomic E-state index is -3.74. The van der Waals surface area contributed by atoms with E-state index in [9.17, 15) is 13.5 Å². The maximum atomic E-state index is 12.8. The van der Waals surface area contributed by atoms with Gasteiger partial charge in [0, 0.05) is 17.6 Å². The van der Waals surface area contributed by atoms with Gasteiger partial charge in [-0.25, -0.2) is 8.42 Å². The lowest BCUT2D eigenvalue weighted by Gasteiger charge is -2.28. The van der Waals surface area contributed by atoms with Crippen LogP contribution in [0.2, 0.25) is 0 Å². The average Bonchev–Trinajstić information content (AvgIpc) is 2.37. The monoisotopic (exact) mass is 379 g/mol. The standard InChI is InChI=1S/C14H22BrNO4S/c1-5-16(10-14(3,4)17)21(18,19)13-9-11(15)7-8-12(13)20-6-2/h7-9,17H,5-6,10H2,1-4H3. The Kier molecular flexibility index (Phi) is 6.22. The van der Waals surface area contributed by atoms with Crippen LogP contribution in [-0.2, 0) is 10.0 Å². The van der Waals surface area contributed by atoms with Crippen LogP contribution in [0.1, 0.15) is 27.7 Å². The fourth-order valence-electron chi connectivity index (χ4n) is 1.90. The summed E-state index contributed by atoms with van der Waals surface area (Å²) >= 11 is 3.28. The highest BCUT2D eigenvalue weighted by Gasteiger charge is 2.30. The van der Waals surface area contributed by atoms with Crippen molar-refractivity contribution in [3.8, 4) is 5.75 Å². The second-order valence-electron chi connectivity index (χ2n) is 5.27. The second-order valence-corrected chi connectivity index (χ2v) is 8.09. The molecule has 5 nitrogen and oxygen atoms in total. The maximum Gasteiger partial charge on any atom is 0.246 e. The molecule has 0 heterocycles. The quantitative estimate of drug-likeness (QED) is 0.790. The molecule has 21 heavy (non-hydrogen) atoms. The van der Waals surface area contributed by atoms with Crippen molar-refractivity contribution in [2.45, 2.75) is 38.2 Å². The molecule has 0 saturated carbocycles. The van der Waals surface area contributed by atoms with Gasteiger partial charge < -0.3 is 9.84 Å². The molecule has 0 fully saturated rings. The fraction of sp³-hybridized carbons (Fsp3) is 0.571. The normalized spacial score (nSPS) is 12.7. The molecule has 0 amide bonds. The third-order valence-corrected chi connectivity index (χ3v) is 5.17. The molecule has 0 bridgehead atoms. The lowest BCUT2D eigenvalue weighted by molar-refractivity contribution is 0.0601. The molecule has 0 atom stereocenters. The molecule has 0 radical (unpaired) electrons. The Labute approximate surface area is 135 Å². The van der Waals surface area contributed by atoms with Crippen molar-refractivity contribution in [2.75, 3.05) is 19.7 Å². The molecule has 1 N–H and O–H groups in total. The van der Waals surface area contributed by atoms with Crippen LogP contribution >= 0.6 is 15.9 Å². The van der Waals surface area contributed by atoms with Crippen LogP contribution in [0.4, 0.5) is 0 Å². The summed E-state index contributed by atoms with van der Waals surface area (Å²) in [5, 5.41) is 9.91. The third kappa shape index (κ3) is 4.95. The van der Waals surface area contributed by atoms with Crippen molar-refractivity contribution in [3.05, 3.63) is 22.7 Å². The van der Waals surface area contributed by atoms with Gasteiger partial charge in [0.2, 0.25) is 10.0 Å². The molecular formula is C14H22BrNO4S. The number of ether oxygens (including phenoxy) is 1. The number of hydrogen-bond donors (Lipinski definition) is 1. The molecule has 0 unspecified atom stereocenters. The minimum Gasteiger partial charge on any atom is -0.492 e. The van der Waals surface area contributed by atoms with Crippen molar-refractivity contribution in [2.24, 2.45) is 0 Å². The van der Waals surface area contributed by atoms with E-state index in [0.717, 1.165) is 0 Å². The van der Waals surface area contributed by atoms with E-state index < -0.39 is 15.6 Å². The zero-order valence-electron chi connectivity index (χ0n) is 12.8. The summed E-state index contributed by atoms with van der Waals surface area (Å²) in [7, 11) is -3.74. The topological polar surface area (TPSA) is 66.8 Å². The first-order valence-electron chi connectivity index (χ1n) is 6.76. The molecule has 0 aliphatic rings. The van der Waals surface area contributed by atoms with Gasteiger partial charge in [0.05, 0.1) is 12.2 Å². The number of hydrogen-bond acceptors (Lipinski definition) is 4. The zero-order valence-corrected chi connectivity index (χ0v) is 15.2. The highest BCUT2D eigenvalue weighted by atomic mass is 79.9. The lowest BCUT2D eigenvalue weighted by atomic mass is 10.1. The van der Waals surface area contributed by atoms with Crippen molar-refractivity contribution in [1.82, 2.24) is 4.31 Å². The van der Waals surface area contributed by atoms with Crippen molar-refractivity contribution < 1.29 is 18.3 Å². The summed E-state index contributed by atoms with van der Waals surface area (Å²) in [6.45, 7) is 7.36. The predicted octanol–water partition coefficient (Wildman–Crippen LogP) is 2.63. The van der Waals surface area contributed by atoms with Crippen LogP contribution in [0.25, 0.3) is 0 Å². The third-order valence-electron chi connectivity index (χ3n) is 2.74. The summed E-state index contributed by atoms with van der Waals surface area (Å²) in [6, 6.07) is 4.88. The number of benzene rings is 1. The van der Waals surface area contributed by atoms with E-state index in [-0.39, 0.29) is 18.0 Å². The summed E-state index contributed by atoms with van der Waals surface area (Å²) in [5.74, 6) is 0.315. The SMILES string of the molecule is CCOc1ccc(Br)cc1S(=O)(=O)N(CC)CC(C)(C)O. The van der Waals surface area contributed by atoms with E-state index in [0.29, 0.717) is 16.8 Å². The van der Waals surface area contributed by atoms with E-state index in [1.807, 2.05) is 0 Å². The van der Waals surface area contributed by atoms with E-state index in [1.54, 1.807) is 39.8 Å². The molecule has 0 aliphatic heterocycles. The van der Waals surface area contributed by atoms with Gasteiger partial charge in [-0.05, 0) is 39.0 Å². The van der Waals surface area contributed by atoms with Gasteiger partial charge in [0.25, 0.3) is 0 Å². The van der Waals surface area contributed by atoms with Gasteiger partial charge in [0.15, 0.2) is 0 Å². The zero-order chi connectivity index (χ0) is 16.3. The number of rotatable bonds is 7. The summed E-state index contributed by atoms with van der Waals surface area (Å²) in [4.78, 5) is 0.102. The molecule has 1 aromatic rings. The van der Waals surface area contributed by atoms with E-state index in [1.165, 1.54) is 10.4 Å². The number of nitrogens with zero attached hydrogens (tertiary/aromatic N) is 1. The molecule has 1 aromatic carbocycles. The average molecular weight is 380 g/mol. The van der Waals surface area contributed by atoms with Gasteiger partial charge in [-0.15, -0.1) is 0 Å². The molecule has 0 aliphatic carbocycles. The lowest BCUT2D eigenvalue weighted by Crippen LogP contribution is -2.42. The molecule has 0 aromatic heterocycles. The highest BCUT2D eigenvalue weighted by molar-refractivity contribution is 9.10. The van der Waals surface area contributed by atoms with Crippen LogP contribution in [0.5, 0.6) is 5.75 Å². The number of halogens is 1. The van der Waals surface area contributed by atoms with Crippen molar-refractivity contribution in [3.63, 3.8) is 0 Å². The Bertz CT molecular complexity index is 581. The van der Waals surface area contributed by atoms with E-state index >= 15 is 0 Å². The first-order chi connectivity index (χ1) is 9.61. The van der Waals surface area contributed by atoms with Crippen LogP contribution in [0.3, 0.4) is 0 Å². The number of aliphatic hydroxyl groups is 1. The Morgan fingerprint density at radius 2 is 1.95 bits per heavy atom. The molecule has 7 heteroatoms. The fourth-order valence-corrected chi connectivity index (χ4v) is 4.17. The summed E-state index contributed by atoms with van der Waals surface area (Å²) in [5.41, 5.74) is -1.11. The Morgan fingerprint density at radius 1 is 1.33 bits per heavy atom. The smallest absolute Gasteiger partial charge is 0.246 e. The van der Waals surface area contributed by atoms with Crippen molar-refractivity contribution >= 4 is 26.0 Å². The Morgan fingerprint density at radius 3 is 2.43 bits per heavy atom. The number of sulfonamides is 1. The molecule has 120 valence electrons. The number of likely N-dealkylation sites (N-methyl/N-ethyl adjacent to an activating group) is 1. The summed E-state index contributed by atoms with van der Waals surface area (Å²) in [6.07, 6.45) is 0. The van der Waals surface area contributed by atoms with Crippen LogP contribution in [0.15, 0.2) is 27.6 Å². The Hall–Kier alpha value is -0.630. The minimum absolute atomic E-state index is 0.0178. The predicted molar refractivity (Wildman–Crippen MR) is 86.0 cm³/mol. The van der Waals surface area contributed by atoms with E-state index in [2.05, 4.69) is 15.9 Å². The molecule has 1 rings (SSSR count). The van der Waals surface area contributed by atoms with Gasteiger partial charge in [-0.3, -0.25) is 0 Å². The Balaban J connectivity index is 3.31. The maximum absolute atomic E-state index is 12.8. The van der Waals surface area contributed by atoms with Crippen LogP contribution < -0.4 is 4.74 Å². The van der Waals surface area contributed by atoms with Gasteiger partial charge in [0.1, 0.15) is 10.6 Å². The first-order valence-corrected chi connectivity index (χ1v) is 9.00. The second kappa shape index (κ2) is 7.09. The van der Waals surface area contributed by atoms with Gasteiger partial charge >= 0.3 is 0 Å². The molecule has 0 spiro atoms. The van der Waals surface area contributed by atoms with E-state index in [4.69, 9.17) is 4.74 Å². The largest absolute Gasteiger partial charge is 0.492 e. The summed E-state index contributed by atoms with van der Waals surface area (Å²) < 4.78 is 32.9. The van der Waals surface area contributed by atoms with Gasteiger partial charge in [-0.2, -0.15) is 4.31 Å². The van der Waals surface area contributed by atoms with Crippen LogP contribution in [-0.4, -0.2) is 43.1 Å². The van der Waals surface area contributed by atoms with Crippen molar-refractivity contribution in [1.29, 1.82) is 0 Å². The highest BCUT2D eigenvalue weighted by Crippen LogP contribution is 2.30. The molecule has 0 saturated heterocycles.